The Morgan fingerprint density at radius 2 is 2.44 bits per heavy atom. The van der Waals surface area contributed by atoms with Gasteiger partial charge in [0.15, 0.2) is 0 Å². The van der Waals surface area contributed by atoms with Gasteiger partial charge in [0.2, 0.25) is 0 Å². The predicted molar refractivity (Wildman–Crippen MR) is 52.4 cm³/mol. The molecule has 0 fully saturated rings. The first kappa shape index (κ1) is 9.42. The van der Waals surface area contributed by atoms with Crippen LogP contribution in [0.15, 0.2) is 9.78 Å². The fourth-order valence-corrected chi connectivity index (χ4v) is 0.590. The normalized spacial score (nSPS) is 11.2. The summed E-state index contributed by atoms with van der Waals surface area (Å²) >= 11 is 5.12. The van der Waals surface area contributed by atoms with Crippen LogP contribution < -0.4 is 5.32 Å². The molecule has 0 aliphatic rings. The SMILES string of the molecule is CCN/C=C(/I)C(=N)Br. The highest BCUT2D eigenvalue weighted by Gasteiger charge is 1.92. The van der Waals surface area contributed by atoms with Crippen LogP contribution in [-0.4, -0.2) is 11.2 Å². The number of allylic oxidation sites excluding steroid dienone is 1. The van der Waals surface area contributed by atoms with Gasteiger partial charge in [0.05, 0.1) is 3.58 Å². The first-order chi connectivity index (χ1) is 4.18. The van der Waals surface area contributed by atoms with E-state index in [0.29, 0.717) is 4.62 Å². The van der Waals surface area contributed by atoms with Crippen molar-refractivity contribution in [1.29, 1.82) is 5.41 Å². The highest BCUT2D eigenvalue weighted by atomic mass is 127. The monoisotopic (exact) mass is 302 g/mol. The maximum absolute atomic E-state index is 7.08. The van der Waals surface area contributed by atoms with Crippen molar-refractivity contribution in [3.05, 3.63) is 9.78 Å². The van der Waals surface area contributed by atoms with Gasteiger partial charge in [0.25, 0.3) is 0 Å². The Balaban J connectivity index is 3.69. The average molecular weight is 303 g/mol. The van der Waals surface area contributed by atoms with Gasteiger partial charge in [-0.1, -0.05) is 0 Å². The number of hydrogen-bond acceptors (Lipinski definition) is 2. The molecule has 0 rings (SSSR count). The standard InChI is InChI=1S/C5H8BrIN2/c1-2-9-3-4(7)5(6)8/h3,8-9H,2H2,1H3/b4-3+,8-5?. The van der Waals surface area contributed by atoms with Gasteiger partial charge in [0, 0.05) is 12.7 Å². The zero-order chi connectivity index (χ0) is 7.28. The molecule has 0 spiro atoms. The molecule has 52 valence electrons. The molecule has 0 aliphatic heterocycles. The Morgan fingerprint density at radius 1 is 1.89 bits per heavy atom. The van der Waals surface area contributed by atoms with Crippen molar-refractivity contribution in [2.75, 3.05) is 6.54 Å². The highest BCUT2D eigenvalue weighted by Crippen LogP contribution is 2.09. The summed E-state index contributed by atoms with van der Waals surface area (Å²) in [4.78, 5) is 0. The minimum absolute atomic E-state index is 0.420. The van der Waals surface area contributed by atoms with E-state index >= 15 is 0 Å². The average Bonchev–Trinajstić information content (AvgIpc) is 1.82. The Morgan fingerprint density at radius 3 is 2.78 bits per heavy atom. The van der Waals surface area contributed by atoms with Gasteiger partial charge in [-0.3, -0.25) is 5.41 Å². The van der Waals surface area contributed by atoms with E-state index in [1.54, 1.807) is 6.20 Å². The van der Waals surface area contributed by atoms with Crippen molar-refractivity contribution in [2.45, 2.75) is 6.92 Å². The van der Waals surface area contributed by atoms with Crippen LogP contribution in [-0.2, 0) is 0 Å². The third-order valence-electron chi connectivity index (χ3n) is 0.643. The van der Waals surface area contributed by atoms with Crippen LogP contribution in [0.25, 0.3) is 0 Å². The lowest BCUT2D eigenvalue weighted by molar-refractivity contribution is 0.920. The molecule has 0 heterocycles. The highest BCUT2D eigenvalue weighted by molar-refractivity contribution is 14.1. The summed E-state index contributed by atoms with van der Waals surface area (Å²) in [6, 6.07) is 0. The summed E-state index contributed by atoms with van der Waals surface area (Å²) in [5, 5.41) is 10.1. The van der Waals surface area contributed by atoms with Gasteiger partial charge < -0.3 is 5.32 Å². The molecular formula is C5H8BrIN2. The Labute approximate surface area is 76.9 Å². The smallest absolute Gasteiger partial charge is 0.112 e. The van der Waals surface area contributed by atoms with Crippen molar-refractivity contribution in [1.82, 2.24) is 5.32 Å². The van der Waals surface area contributed by atoms with Gasteiger partial charge in [-0.05, 0) is 45.4 Å². The molecule has 0 saturated carbocycles. The minimum atomic E-state index is 0.420. The molecule has 0 atom stereocenters. The summed E-state index contributed by atoms with van der Waals surface area (Å²) in [5.41, 5.74) is 0. The van der Waals surface area contributed by atoms with E-state index in [1.165, 1.54) is 0 Å². The van der Waals surface area contributed by atoms with Gasteiger partial charge >= 0.3 is 0 Å². The van der Waals surface area contributed by atoms with E-state index < -0.39 is 0 Å². The Kier molecular flexibility index (Phi) is 5.47. The first-order valence-corrected chi connectivity index (χ1v) is 4.39. The topological polar surface area (TPSA) is 35.9 Å². The molecule has 0 aromatic rings. The van der Waals surface area contributed by atoms with Crippen LogP contribution in [0.1, 0.15) is 6.92 Å². The largest absolute Gasteiger partial charge is 0.390 e. The minimum Gasteiger partial charge on any atom is -0.390 e. The molecule has 0 amide bonds. The Bertz CT molecular complexity index is 133. The maximum Gasteiger partial charge on any atom is 0.112 e. The molecule has 0 aromatic heterocycles. The van der Waals surface area contributed by atoms with Crippen LogP contribution in [0.4, 0.5) is 0 Å². The van der Waals surface area contributed by atoms with E-state index in [0.717, 1.165) is 10.1 Å². The zero-order valence-corrected chi connectivity index (χ0v) is 8.78. The van der Waals surface area contributed by atoms with Crippen LogP contribution in [0, 0.1) is 5.41 Å². The molecule has 2 N–H and O–H groups in total. The number of halogens is 2. The number of rotatable bonds is 3. The predicted octanol–water partition coefficient (Wildman–Crippen LogP) is 2.24. The van der Waals surface area contributed by atoms with Crippen molar-refractivity contribution < 1.29 is 0 Å². The molecule has 4 heteroatoms. The van der Waals surface area contributed by atoms with Crippen LogP contribution in [0.5, 0.6) is 0 Å². The zero-order valence-electron chi connectivity index (χ0n) is 5.04. The molecule has 0 aromatic carbocycles. The van der Waals surface area contributed by atoms with Crippen molar-refractivity contribution in [3.63, 3.8) is 0 Å². The van der Waals surface area contributed by atoms with E-state index in [-0.39, 0.29) is 0 Å². The van der Waals surface area contributed by atoms with Crippen molar-refractivity contribution >= 4 is 43.1 Å². The fraction of sp³-hybridized carbons (Fsp3) is 0.400. The van der Waals surface area contributed by atoms with E-state index in [9.17, 15) is 0 Å². The number of nitrogens with one attached hydrogen (secondary N) is 2. The number of hydrogen-bond donors (Lipinski definition) is 2. The third kappa shape index (κ3) is 4.90. The second-order valence-corrected chi connectivity index (χ2v) is 3.32. The molecule has 0 radical (unpaired) electrons. The van der Waals surface area contributed by atoms with Gasteiger partial charge in [-0.25, -0.2) is 0 Å². The second-order valence-electron chi connectivity index (χ2n) is 1.36. The summed E-state index contributed by atoms with van der Waals surface area (Å²) in [6.45, 7) is 2.91. The van der Waals surface area contributed by atoms with Gasteiger partial charge in [-0.2, -0.15) is 0 Å². The Hall–Kier alpha value is 0.420. The lowest BCUT2D eigenvalue weighted by Gasteiger charge is -1.94. The maximum atomic E-state index is 7.08. The summed E-state index contributed by atoms with van der Waals surface area (Å²) in [6.07, 6.45) is 1.80. The van der Waals surface area contributed by atoms with Crippen LogP contribution >= 0.6 is 38.5 Å². The molecule has 0 aliphatic carbocycles. The third-order valence-corrected chi connectivity index (χ3v) is 2.66. The van der Waals surface area contributed by atoms with E-state index in [1.807, 2.05) is 6.92 Å². The molecule has 9 heavy (non-hydrogen) atoms. The van der Waals surface area contributed by atoms with Gasteiger partial charge in [0.1, 0.15) is 4.62 Å². The molecule has 0 saturated heterocycles. The molecular weight excluding hydrogens is 295 g/mol. The molecule has 0 unspecified atom stereocenters. The quantitative estimate of drug-likeness (QED) is 0.609. The molecule has 2 nitrogen and oxygen atoms in total. The molecule has 0 bridgehead atoms. The first-order valence-electron chi connectivity index (χ1n) is 2.52. The van der Waals surface area contributed by atoms with Gasteiger partial charge in [-0.15, -0.1) is 0 Å². The second kappa shape index (κ2) is 5.22. The fourth-order valence-electron chi connectivity index (χ4n) is 0.255. The lowest BCUT2D eigenvalue weighted by atomic mass is 10.6. The van der Waals surface area contributed by atoms with E-state index in [4.69, 9.17) is 5.41 Å². The van der Waals surface area contributed by atoms with E-state index in [2.05, 4.69) is 43.8 Å². The summed E-state index contributed by atoms with van der Waals surface area (Å²) < 4.78 is 1.30. The lowest BCUT2D eigenvalue weighted by Crippen LogP contribution is -2.03. The van der Waals surface area contributed by atoms with Crippen molar-refractivity contribution in [2.24, 2.45) is 0 Å². The summed E-state index contributed by atoms with van der Waals surface area (Å²) in [7, 11) is 0. The van der Waals surface area contributed by atoms with Crippen LogP contribution in [0.3, 0.4) is 0 Å². The van der Waals surface area contributed by atoms with Crippen molar-refractivity contribution in [3.8, 4) is 0 Å². The van der Waals surface area contributed by atoms with Crippen LogP contribution in [0.2, 0.25) is 0 Å². The summed E-state index contributed by atoms with van der Waals surface area (Å²) in [5.74, 6) is 0.